The molecule has 0 spiro atoms. The summed E-state index contributed by atoms with van der Waals surface area (Å²) >= 11 is 0. The number of pyridine rings is 1. The second-order valence-electron chi connectivity index (χ2n) is 6.09. The van der Waals surface area contributed by atoms with Gasteiger partial charge in [-0.3, -0.25) is 4.98 Å². The van der Waals surface area contributed by atoms with E-state index in [0.29, 0.717) is 11.8 Å². The predicted octanol–water partition coefficient (Wildman–Crippen LogP) is 4.55. The highest BCUT2D eigenvalue weighted by Gasteiger charge is 2.09. The maximum absolute atomic E-state index is 13.3. The fraction of sp³-hybridized carbons (Fsp3) is 0.211. The number of hydrogen-bond acceptors (Lipinski definition) is 5. The van der Waals surface area contributed by atoms with Gasteiger partial charge in [0.1, 0.15) is 11.6 Å². The van der Waals surface area contributed by atoms with Crippen LogP contribution in [0.4, 0.5) is 21.8 Å². The first-order chi connectivity index (χ1) is 12.0. The predicted molar refractivity (Wildman–Crippen MR) is 98.4 cm³/mol. The Balaban J connectivity index is 2.00. The first-order valence-corrected chi connectivity index (χ1v) is 8.10. The van der Waals surface area contributed by atoms with Crippen LogP contribution in [0.1, 0.15) is 19.4 Å². The van der Waals surface area contributed by atoms with Crippen LogP contribution in [0.5, 0.6) is 0 Å². The van der Waals surface area contributed by atoms with Crippen LogP contribution in [0.3, 0.4) is 0 Å². The summed E-state index contributed by atoms with van der Waals surface area (Å²) in [7, 11) is 0. The molecule has 0 aliphatic heterocycles. The monoisotopic (exact) mass is 337 g/mol. The van der Waals surface area contributed by atoms with Crippen molar-refractivity contribution in [2.45, 2.75) is 26.8 Å². The van der Waals surface area contributed by atoms with E-state index in [1.807, 2.05) is 39.0 Å². The minimum Gasteiger partial charge on any atom is -0.352 e. The van der Waals surface area contributed by atoms with E-state index in [4.69, 9.17) is 0 Å². The van der Waals surface area contributed by atoms with Crippen molar-refractivity contribution in [2.24, 2.45) is 0 Å². The summed E-state index contributed by atoms with van der Waals surface area (Å²) in [5.74, 6) is 0.897. The molecule has 6 heteroatoms. The molecular weight excluding hydrogens is 317 g/mol. The van der Waals surface area contributed by atoms with Gasteiger partial charge in [0.2, 0.25) is 5.95 Å². The molecule has 2 N–H and O–H groups in total. The van der Waals surface area contributed by atoms with Gasteiger partial charge in [0.15, 0.2) is 0 Å². The van der Waals surface area contributed by atoms with Crippen molar-refractivity contribution >= 4 is 17.5 Å². The molecule has 0 aliphatic carbocycles. The number of anilines is 3. The van der Waals surface area contributed by atoms with Crippen molar-refractivity contribution in [3.05, 3.63) is 60.2 Å². The van der Waals surface area contributed by atoms with E-state index in [1.165, 1.54) is 12.1 Å². The van der Waals surface area contributed by atoms with Crippen LogP contribution >= 0.6 is 0 Å². The number of rotatable bonds is 5. The van der Waals surface area contributed by atoms with Crippen LogP contribution in [0, 0.1) is 12.7 Å². The molecule has 0 fully saturated rings. The third-order valence-electron chi connectivity index (χ3n) is 3.55. The van der Waals surface area contributed by atoms with Crippen LogP contribution in [0.15, 0.2) is 48.8 Å². The van der Waals surface area contributed by atoms with Gasteiger partial charge in [-0.25, -0.2) is 9.37 Å². The summed E-state index contributed by atoms with van der Waals surface area (Å²) < 4.78 is 13.3. The zero-order valence-corrected chi connectivity index (χ0v) is 14.4. The van der Waals surface area contributed by atoms with Crippen LogP contribution in [-0.4, -0.2) is 21.0 Å². The topological polar surface area (TPSA) is 62.7 Å². The molecule has 0 amide bonds. The molecule has 3 aromatic rings. The highest BCUT2D eigenvalue weighted by Crippen LogP contribution is 2.25. The van der Waals surface area contributed by atoms with Crippen molar-refractivity contribution in [1.82, 2.24) is 15.0 Å². The second-order valence-corrected chi connectivity index (χ2v) is 6.09. The zero-order chi connectivity index (χ0) is 17.8. The zero-order valence-electron chi connectivity index (χ0n) is 14.4. The molecule has 3 rings (SSSR count). The smallest absolute Gasteiger partial charge is 0.225 e. The maximum Gasteiger partial charge on any atom is 0.225 e. The molecule has 0 saturated heterocycles. The third-order valence-corrected chi connectivity index (χ3v) is 3.55. The lowest BCUT2D eigenvalue weighted by Gasteiger charge is -2.14. The molecule has 25 heavy (non-hydrogen) atoms. The molecule has 1 aromatic carbocycles. The molecular formula is C19H20FN5. The minimum absolute atomic E-state index is 0.199. The van der Waals surface area contributed by atoms with Crippen LogP contribution in [0.2, 0.25) is 0 Å². The van der Waals surface area contributed by atoms with Gasteiger partial charge in [-0.2, -0.15) is 4.98 Å². The number of halogens is 1. The molecule has 0 atom stereocenters. The molecule has 0 radical (unpaired) electrons. The summed E-state index contributed by atoms with van der Waals surface area (Å²) in [6.45, 7) is 5.90. The van der Waals surface area contributed by atoms with Crippen molar-refractivity contribution in [3.8, 4) is 11.3 Å². The summed E-state index contributed by atoms with van der Waals surface area (Å²) in [5.41, 5.74) is 3.26. The van der Waals surface area contributed by atoms with Gasteiger partial charge in [0.25, 0.3) is 0 Å². The Morgan fingerprint density at radius 1 is 1.08 bits per heavy atom. The van der Waals surface area contributed by atoms with E-state index in [2.05, 4.69) is 25.6 Å². The average Bonchev–Trinajstić information content (AvgIpc) is 2.57. The maximum atomic E-state index is 13.3. The lowest BCUT2D eigenvalue weighted by Crippen LogP contribution is -2.13. The molecule has 128 valence electrons. The average molecular weight is 337 g/mol. The molecule has 0 aliphatic rings. The van der Waals surface area contributed by atoms with Gasteiger partial charge in [-0.1, -0.05) is 0 Å². The van der Waals surface area contributed by atoms with E-state index >= 15 is 0 Å². The number of aryl methyl sites for hydroxylation is 1. The Labute approximate surface area is 146 Å². The first-order valence-electron chi connectivity index (χ1n) is 8.10. The van der Waals surface area contributed by atoms with Gasteiger partial charge in [0, 0.05) is 35.8 Å². The normalized spacial score (nSPS) is 10.8. The summed E-state index contributed by atoms with van der Waals surface area (Å²) in [6.07, 6.45) is 3.48. The first kappa shape index (κ1) is 16.8. The largest absolute Gasteiger partial charge is 0.352 e. The summed E-state index contributed by atoms with van der Waals surface area (Å²) in [4.78, 5) is 13.2. The van der Waals surface area contributed by atoms with E-state index < -0.39 is 0 Å². The number of nitrogens with zero attached hydrogens (tertiary/aromatic N) is 3. The van der Waals surface area contributed by atoms with Crippen molar-refractivity contribution in [1.29, 1.82) is 0 Å². The second kappa shape index (κ2) is 7.25. The molecule has 2 heterocycles. The summed E-state index contributed by atoms with van der Waals surface area (Å²) in [5, 5.41) is 6.47. The number of nitrogens with one attached hydrogen (secondary N) is 2. The van der Waals surface area contributed by atoms with Gasteiger partial charge >= 0.3 is 0 Å². The van der Waals surface area contributed by atoms with E-state index in [-0.39, 0.29) is 11.9 Å². The lowest BCUT2D eigenvalue weighted by atomic mass is 10.2. The Hall–Kier alpha value is -3.02. The molecule has 0 unspecified atom stereocenters. The lowest BCUT2D eigenvalue weighted by molar-refractivity contribution is 0.627. The molecule has 5 nitrogen and oxygen atoms in total. The fourth-order valence-electron chi connectivity index (χ4n) is 2.40. The van der Waals surface area contributed by atoms with E-state index in [0.717, 1.165) is 22.5 Å². The van der Waals surface area contributed by atoms with Crippen LogP contribution in [-0.2, 0) is 0 Å². The number of aromatic nitrogens is 3. The Morgan fingerprint density at radius 3 is 2.60 bits per heavy atom. The Kier molecular flexibility index (Phi) is 4.88. The van der Waals surface area contributed by atoms with E-state index in [9.17, 15) is 4.39 Å². The van der Waals surface area contributed by atoms with Gasteiger partial charge in [-0.05, 0) is 56.7 Å². The Bertz CT molecular complexity index is 865. The van der Waals surface area contributed by atoms with Gasteiger partial charge in [0.05, 0.1) is 5.69 Å². The van der Waals surface area contributed by atoms with Crippen LogP contribution < -0.4 is 10.6 Å². The van der Waals surface area contributed by atoms with Gasteiger partial charge in [-0.15, -0.1) is 0 Å². The fourth-order valence-corrected chi connectivity index (χ4v) is 2.40. The highest BCUT2D eigenvalue weighted by atomic mass is 19.1. The minimum atomic E-state index is -0.260. The quantitative estimate of drug-likeness (QED) is 0.715. The van der Waals surface area contributed by atoms with Crippen molar-refractivity contribution in [2.75, 3.05) is 10.6 Å². The SMILES string of the molecule is Cc1cc(F)ccc1Nc1cc(-c2cccnc2)nc(NC(C)C)n1. The standard InChI is InChI=1S/C19H20FN5/c1-12(2)22-19-24-17(14-5-4-8-21-11-14)10-18(25-19)23-16-7-6-15(20)9-13(16)3/h4-12H,1-3H3,(H2,22,23,24,25). The Morgan fingerprint density at radius 2 is 1.92 bits per heavy atom. The van der Waals surface area contributed by atoms with Crippen molar-refractivity contribution < 1.29 is 4.39 Å². The summed E-state index contributed by atoms with van der Waals surface area (Å²) in [6, 6.07) is 10.5. The molecule has 0 saturated carbocycles. The molecule has 2 aromatic heterocycles. The van der Waals surface area contributed by atoms with Crippen LogP contribution in [0.25, 0.3) is 11.3 Å². The van der Waals surface area contributed by atoms with Crippen molar-refractivity contribution in [3.63, 3.8) is 0 Å². The third kappa shape index (κ3) is 4.29. The number of hydrogen-bond donors (Lipinski definition) is 2. The van der Waals surface area contributed by atoms with E-state index in [1.54, 1.807) is 18.5 Å². The van der Waals surface area contributed by atoms with Gasteiger partial charge < -0.3 is 10.6 Å². The number of benzene rings is 1. The highest BCUT2D eigenvalue weighted by molar-refractivity contribution is 5.68. The molecule has 0 bridgehead atoms.